The second-order valence-electron chi connectivity index (χ2n) is 11.0. The normalized spacial score (nSPS) is 39.5. The third kappa shape index (κ3) is 6.72. The molecule has 0 bridgehead atoms. The summed E-state index contributed by atoms with van der Waals surface area (Å²) in [6.45, 7) is 1.21. The van der Waals surface area contributed by atoms with Gasteiger partial charge in [0.05, 0.1) is 49.5 Å². The molecule has 0 aromatic carbocycles. The highest BCUT2D eigenvalue weighted by Gasteiger charge is 2.47. The maximum absolute atomic E-state index is 12.0. The zero-order valence-corrected chi connectivity index (χ0v) is 20.3. The van der Waals surface area contributed by atoms with Gasteiger partial charge in [0, 0.05) is 0 Å². The molecule has 2 saturated carbocycles. The number of hydrogen-bond acceptors (Lipinski definition) is 6. The van der Waals surface area contributed by atoms with E-state index >= 15 is 0 Å². The Bertz CT molecular complexity index is 775. The fourth-order valence-electron chi connectivity index (χ4n) is 5.91. The van der Waals surface area contributed by atoms with Crippen LogP contribution >= 0.6 is 0 Å². The Morgan fingerprint density at radius 3 is 1.91 bits per heavy atom. The second kappa shape index (κ2) is 11.4. The van der Waals surface area contributed by atoms with E-state index in [4.69, 9.17) is 18.9 Å². The van der Waals surface area contributed by atoms with E-state index in [1.165, 1.54) is 0 Å². The third-order valence-electron chi connectivity index (χ3n) is 8.35. The summed E-state index contributed by atoms with van der Waals surface area (Å²) < 4.78 is 21.9. The Kier molecular flexibility index (Phi) is 8.05. The molecule has 6 nitrogen and oxygen atoms in total. The van der Waals surface area contributed by atoms with Crippen LogP contribution < -0.4 is 0 Å². The smallest absolute Gasteiger partial charge is 0.309 e. The number of carbonyl (C=O) groups is 2. The zero-order valence-electron chi connectivity index (χ0n) is 20.3. The van der Waals surface area contributed by atoms with E-state index in [9.17, 15) is 9.59 Å². The molecular formula is C28H40O6. The maximum Gasteiger partial charge on any atom is 0.309 e. The van der Waals surface area contributed by atoms with Gasteiger partial charge in [-0.05, 0) is 88.9 Å². The van der Waals surface area contributed by atoms with Gasteiger partial charge in [0.2, 0.25) is 0 Å². The first-order valence-corrected chi connectivity index (χ1v) is 13.6. The van der Waals surface area contributed by atoms with Crippen molar-refractivity contribution in [1.82, 2.24) is 0 Å². The van der Waals surface area contributed by atoms with Crippen LogP contribution in [-0.4, -0.2) is 49.6 Å². The van der Waals surface area contributed by atoms with Crippen molar-refractivity contribution in [3.63, 3.8) is 0 Å². The molecule has 0 spiro atoms. The van der Waals surface area contributed by atoms with Gasteiger partial charge in [0.1, 0.15) is 0 Å². The van der Waals surface area contributed by atoms with Crippen molar-refractivity contribution in [1.29, 1.82) is 0 Å². The third-order valence-corrected chi connectivity index (χ3v) is 8.35. The minimum absolute atomic E-state index is 0.00258. The first kappa shape index (κ1) is 24.1. The number of rotatable bonds is 6. The quantitative estimate of drug-likeness (QED) is 0.311. The van der Waals surface area contributed by atoms with E-state index in [0.717, 1.165) is 77.0 Å². The first-order valence-electron chi connectivity index (χ1n) is 13.6. The lowest BCUT2D eigenvalue weighted by molar-refractivity contribution is -0.151. The monoisotopic (exact) mass is 472 g/mol. The Hall–Kier alpha value is -1.66. The molecule has 8 unspecified atom stereocenters. The van der Waals surface area contributed by atoms with Crippen molar-refractivity contribution in [3.8, 4) is 0 Å². The summed E-state index contributed by atoms with van der Waals surface area (Å²) in [5, 5.41) is 0. The predicted molar refractivity (Wildman–Crippen MR) is 127 cm³/mol. The van der Waals surface area contributed by atoms with Crippen LogP contribution in [-0.2, 0) is 28.5 Å². The van der Waals surface area contributed by atoms with Crippen molar-refractivity contribution in [2.24, 2.45) is 23.7 Å². The van der Waals surface area contributed by atoms with Gasteiger partial charge in [0.15, 0.2) is 0 Å². The van der Waals surface area contributed by atoms with Crippen LogP contribution in [0.5, 0.6) is 0 Å². The molecule has 0 aromatic rings. The number of hydrogen-bond donors (Lipinski definition) is 0. The van der Waals surface area contributed by atoms with Crippen LogP contribution in [0, 0.1) is 23.7 Å². The Morgan fingerprint density at radius 1 is 0.618 bits per heavy atom. The van der Waals surface area contributed by atoms with Gasteiger partial charge in [-0.15, -0.1) is 0 Å². The van der Waals surface area contributed by atoms with Crippen LogP contribution in [0.3, 0.4) is 0 Å². The van der Waals surface area contributed by atoms with Crippen molar-refractivity contribution >= 4 is 11.9 Å². The Morgan fingerprint density at radius 2 is 1.26 bits per heavy atom. The highest BCUT2D eigenvalue weighted by atomic mass is 16.6. The molecule has 188 valence electrons. The average Bonchev–Trinajstić information content (AvgIpc) is 3.81. The minimum Gasteiger partial charge on any atom is -0.465 e. The molecule has 0 radical (unpaired) electrons. The molecule has 4 aliphatic carbocycles. The van der Waals surface area contributed by atoms with E-state index in [2.05, 4.69) is 24.3 Å². The van der Waals surface area contributed by atoms with Crippen LogP contribution in [0.15, 0.2) is 24.3 Å². The summed E-state index contributed by atoms with van der Waals surface area (Å²) >= 11 is 0. The van der Waals surface area contributed by atoms with E-state index < -0.39 is 0 Å². The number of carbonyl (C=O) groups excluding carboxylic acids is 2. The summed E-state index contributed by atoms with van der Waals surface area (Å²) in [5.74, 6) is 1.28. The molecule has 34 heavy (non-hydrogen) atoms. The van der Waals surface area contributed by atoms with E-state index in [1.807, 2.05) is 0 Å². The van der Waals surface area contributed by atoms with Crippen molar-refractivity contribution in [3.05, 3.63) is 24.3 Å². The molecule has 4 fully saturated rings. The number of epoxide rings is 2. The molecule has 6 aliphatic rings. The highest BCUT2D eigenvalue weighted by molar-refractivity contribution is 5.73. The van der Waals surface area contributed by atoms with Gasteiger partial charge in [-0.3, -0.25) is 9.59 Å². The highest BCUT2D eigenvalue weighted by Crippen LogP contribution is 2.41. The van der Waals surface area contributed by atoms with Crippen molar-refractivity contribution in [2.75, 3.05) is 13.2 Å². The zero-order chi connectivity index (χ0) is 23.3. The second-order valence-corrected chi connectivity index (χ2v) is 11.0. The van der Waals surface area contributed by atoms with Gasteiger partial charge < -0.3 is 18.9 Å². The molecule has 0 amide bonds. The van der Waals surface area contributed by atoms with Gasteiger partial charge >= 0.3 is 11.9 Å². The molecule has 0 aromatic heterocycles. The van der Waals surface area contributed by atoms with Gasteiger partial charge in [-0.2, -0.15) is 0 Å². The average molecular weight is 473 g/mol. The summed E-state index contributed by atoms with van der Waals surface area (Å²) in [5.41, 5.74) is 0. The number of esters is 2. The number of allylic oxidation sites excluding steroid dienone is 4. The summed E-state index contributed by atoms with van der Waals surface area (Å²) in [4.78, 5) is 23.8. The van der Waals surface area contributed by atoms with Gasteiger partial charge in [-0.25, -0.2) is 0 Å². The van der Waals surface area contributed by atoms with Crippen molar-refractivity contribution < 1.29 is 28.5 Å². The Balaban J connectivity index is 0.000000143. The molecule has 0 N–H and O–H groups in total. The lowest BCUT2D eigenvalue weighted by Gasteiger charge is -2.21. The predicted octanol–water partition coefficient (Wildman–Crippen LogP) is 4.91. The topological polar surface area (TPSA) is 77.7 Å². The number of fused-ring (bicyclic) bond motifs is 2. The van der Waals surface area contributed by atoms with Crippen LogP contribution in [0.1, 0.15) is 77.0 Å². The molecule has 6 heteroatoms. The Labute approximate surface area is 203 Å². The fourth-order valence-corrected chi connectivity index (χ4v) is 5.91. The molecule has 2 heterocycles. The molecule has 2 aliphatic heterocycles. The SMILES string of the molecule is O=C(OCC1CC=CCC1)C1CC=CCC1.O=C(OCC1CCC2OC2C1)C1CCC2OC2C1. The molecule has 6 rings (SSSR count). The minimum atomic E-state index is 0.00258. The summed E-state index contributed by atoms with van der Waals surface area (Å²) in [7, 11) is 0. The summed E-state index contributed by atoms with van der Waals surface area (Å²) in [6.07, 6.45) is 22.9. The van der Waals surface area contributed by atoms with Gasteiger partial charge in [-0.1, -0.05) is 24.3 Å². The van der Waals surface area contributed by atoms with Crippen LogP contribution in [0.2, 0.25) is 0 Å². The summed E-state index contributed by atoms with van der Waals surface area (Å²) in [6, 6.07) is 0. The lowest BCUT2D eigenvalue weighted by Crippen LogP contribution is -2.27. The van der Waals surface area contributed by atoms with E-state index in [-0.39, 0.29) is 23.8 Å². The first-order chi connectivity index (χ1) is 16.7. The maximum atomic E-state index is 12.0. The van der Waals surface area contributed by atoms with Crippen LogP contribution in [0.4, 0.5) is 0 Å². The molecule has 8 atom stereocenters. The fraction of sp³-hybridized carbons (Fsp3) is 0.786. The standard InChI is InChI=1S/C14H20O4.C14H20O2/c15-14(9-2-4-11-13(6-9)18-11)16-7-8-1-3-10-12(5-8)17-10;15-14(13-9-5-2-6-10-13)16-11-12-7-3-1-4-8-12/h8-13H,1-7H2;1-3,5,12-13H,4,6-11H2. The van der Waals surface area contributed by atoms with E-state index in [0.29, 0.717) is 49.5 Å². The van der Waals surface area contributed by atoms with Crippen molar-refractivity contribution in [2.45, 2.75) is 101 Å². The van der Waals surface area contributed by atoms with Crippen LogP contribution in [0.25, 0.3) is 0 Å². The lowest BCUT2D eigenvalue weighted by atomic mass is 9.89. The molecular weight excluding hydrogens is 432 g/mol. The molecule has 2 saturated heterocycles. The van der Waals surface area contributed by atoms with E-state index in [1.54, 1.807) is 0 Å². The number of ether oxygens (including phenoxy) is 4. The van der Waals surface area contributed by atoms with Gasteiger partial charge in [0.25, 0.3) is 0 Å². The largest absolute Gasteiger partial charge is 0.465 e.